The highest BCUT2D eigenvalue weighted by Gasteiger charge is 2.21. The van der Waals surface area contributed by atoms with Gasteiger partial charge in [-0.2, -0.15) is 0 Å². The molecule has 4 heteroatoms. The van der Waals surface area contributed by atoms with Gasteiger partial charge in [-0.3, -0.25) is 0 Å². The van der Waals surface area contributed by atoms with E-state index in [0.717, 1.165) is 82.8 Å². The van der Waals surface area contributed by atoms with Crippen LogP contribution < -0.4 is 0 Å². The Bertz CT molecular complexity index is 3650. The second-order valence-electron chi connectivity index (χ2n) is 15.9. The van der Waals surface area contributed by atoms with Crippen LogP contribution in [0.2, 0.25) is 0 Å². The third kappa shape index (κ3) is 6.44. The summed E-state index contributed by atoms with van der Waals surface area (Å²) < 4.78 is 6.89. The lowest BCUT2D eigenvalue weighted by Gasteiger charge is -2.13. The predicted octanol–water partition coefficient (Wildman–Crippen LogP) is 15.7. The maximum absolute atomic E-state index is 6.89. The van der Waals surface area contributed by atoms with Crippen molar-refractivity contribution >= 4 is 43.5 Å². The molecular weight excluding hydrogens is 767 g/mol. The Kier molecular flexibility index (Phi) is 8.79. The maximum Gasteiger partial charge on any atom is 0.164 e. The summed E-state index contributed by atoms with van der Waals surface area (Å²) in [4.78, 5) is 15.9. The molecule has 0 atom stereocenters. The summed E-state index contributed by atoms with van der Waals surface area (Å²) in [6, 6.07) is 78.7. The topological polar surface area (TPSA) is 51.8 Å². The van der Waals surface area contributed by atoms with Gasteiger partial charge in [-0.1, -0.05) is 212 Å². The number of para-hydroxylation sites is 1. The highest BCUT2D eigenvalue weighted by atomic mass is 16.3. The van der Waals surface area contributed by atoms with Crippen molar-refractivity contribution < 1.29 is 4.42 Å². The maximum atomic E-state index is 6.89. The molecular formula is C59H37N3O. The quantitative estimate of drug-likeness (QED) is 0.161. The fourth-order valence-electron chi connectivity index (χ4n) is 9.12. The molecule has 0 saturated heterocycles. The molecule has 10 aromatic carbocycles. The first kappa shape index (κ1) is 36.4. The molecule has 63 heavy (non-hydrogen) atoms. The van der Waals surface area contributed by atoms with E-state index in [-0.39, 0.29) is 0 Å². The van der Waals surface area contributed by atoms with Crippen LogP contribution in [0.5, 0.6) is 0 Å². The average Bonchev–Trinajstić information content (AvgIpc) is 3.76. The first-order valence-corrected chi connectivity index (χ1v) is 21.3. The molecule has 0 aliphatic rings. The van der Waals surface area contributed by atoms with Gasteiger partial charge >= 0.3 is 0 Å². The Morgan fingerprint density at radius 2 is 0.778 bits per heavy atom. The minimum absolute atomic E-state index is 0.578. The van der Waals surface area contributed by atoms with Crippen LogP contribution in [-0.2, 0) is 0 Å². The van der Waals surface area contributed by atoms with E-state index in [0.29, 0.717) is 17.5 Å². The zero-order valence-electron chi connectivity index (χ0n) is 34.1. The molecule has 0 amide bonds. The number of hydrogen-bond acceptors (Lipinski definition) is 4. The molecule has 0 spiro atoms. The summed E-state index contributed by atoms with van der Waals surface area (Å²) in [5.41, 5.74) is 13.4. The third-order valence-corrected chi connectivity index (χ3v) is 12.2. The molecule has 12 rings (SSSR count). The van der Waals surface area contributed by atoms with Gasteiger partial charge in [0.05, 0.1) is 0 Å². The van der Waals surface area contributed by atoms with Gasteiger partial charge in [0, 0.05) is 33.0 Å². The zero-order chi connectivity index (χ0) is 41.7. The van der Waals surface area contributed by atoms with Gasteiger partial charge in [0.15, 0.2) is 17.5 Å². The lowest BCUT2D eigenvalue weighted by atomic mass is 9.91. The van der Waals surface area contributed by atoms with E-state index in [1.807, 2.05) is 24.3 Å². The summed E-state index contributed by atoms with van der Waals surface area (Å²) >= 11 is 0. The van der Waals surface area contributed by atoms with Crippen LogP contribution in [0, 0.1) is 0 Å². The third-order valence-electron chi connectivity index (χ3n) is 12.2. The molecule has 4 nitrogen and oxygen atoms in total. The molecule has 0 bridgehead atoms. The summed E-state index contributed by atoms with van der Waals surface area (Å²) in [5.74, 6) is 1.78. The molecule has 2 heterocycles. The molecule has 0 unspecified atom stereocenters. The second-order valence-corrected chi connectivity index (χ2v) is 15.9. The van der Waals surface area contributed by atoms with Gasteiger partial charge in [0.2, 0.25) is 0 Å². The average molecular weight is 804 g/mol. The molecule has 0 N–H and O–H groups in total. The van der Waals surface area contributed by atoms with Crippen molar-refractivity contribution in [1.82, 2.24) is 15.0 Å². The first-order valence-electron chi connectivity index (χ1n) is 21.3. The fraction of sp³-hybridized carbons (Fsp3) is 0. The lowest BCUT2D eigenvalue weighted by Crippen LogP contribution is -2.01. The van der Waals surface area contributed by atoms with Crippen LogP contribution in [0.25, 0.3) is 122 Å². The van der Waals surface area contributed by atoms with Crippen LogP contribution in [0.15, 0.2) is 229 Å². The van der Waals surface area contributed by atoms with Gasteiger partial charge < -0.3 is 4.42 Å². The van der Waals surface area contributed by atoms with E-state index in [4.69, 9.17) is 19.4 Å². The van der Waals surface area contributed by atoms with Crippen molar-refractivity contribution in [3.05, 3.63) is 224 Å². The van der Waals surface area contributed by atoms with E-state index >= 15 is 0 Å². The van der Waals surface area contributed by atoms with E-state index in [9.17, 15) is 0 Å². The van der Waals surface area contributed by atoms with E-state index < -0.39 is 0 Å². The molecule has 0 aliphatic carbocycles. The number of hydrogen-bond donors (Lipinski definition) is 0. The fourth-order valence-corrected chi connectivity index (χ4v) is 9.12. The van der Waals surface area contributed by atoms with Crippen molar-refractivity contribution in [2.24, 2.45) is 0 Å². The van der Waals surface area contributed by atoms with Gasteiger partial charge in [0.1, 0.15) is 11.2 Å². The van der Waals surface area contributed by atoms with Crippen molar-refractivity contribution in [1.29, 1.82) is 0 Å². The van der Waals surface area contributed by atoms with Crippen LogP contribution in [0.4, 0.5) is 0 Å². The minimum Gasteiger partial charge on any atom is -0.455 e. The van der Waals surface area contributed by atoms with Crippen LogP contribution in [-0.4, -0.2) is 15.0 Å². The highest BCUT2D eigenvalue weighted by Crippen LogP contribution is 2.43. The Balaban J connectivity index is 1.06. The van der Waals surface area contributed by atoms with Crippen molar-refractivity contribution in [3.63, 3.8) is 0 Å². The number of benzene rings is 10. The SMILES string of the molecule is c1ccc(-c2ccc(-c3nc(-c4cccc5ccc(-c6ccccc6)cc45)nc(-c4cccc5oc6c(-c7ccc(-c8ccccc8)c8ccccc78)cccc6c45)n3)cc2)cc1. The Morgan fingerprint density at radius 3 is 1.52 bits per heavy atom. The smallest absolute Gasteiger partial charge is 0.164 e. The summed E-state index contributed by atoms with van der Waals surface area (Å²) in [6.45, 7) is 0. The zero-order valence-corrected chi connectivity index (χ0v) is 34.1. The number of rotatable bonds is 7. The van der Waals surface area contributed by atoms with Crippen LogP contribution in [0.3, 0.4) is 0 Å². The summed E-state index contributed by atoms with van der Waals surface area (Å²) in [5, 5.41) is 6.52. The molecule has 2 aromatic heterocycles. The lowest BCUT2D eigenvalue weighted by molar-refractivity contribution is 0.670. The van der Waals surface area contributed by atoms with Crippen molar-refractivity contribution in [2.45, 2.75) is 0 Å². The normalized spacial score (nSPS) is 11.5. The van der Waals surface area contributed by atoms with Gasteiger partial charge in [-0.15, -0.1) is 0 Å². The second kappa shape index (κ2) is 15.2. The molecule has 12 aromatic rings. The standard InChI is InChI=1S/C59H37N3O/c1-4-15-38(16-5-1)40-29-32-43(33-30-40)57-60-58(50-25-12-21-42-31-34-44(37-53(42)50)39-17-6-2-7-18-39)62-59(61-57)52-27-14-28-54-55(52)51-26-13-24-49(56(51)63-54)48-36-35-45(41-19-8-3-9-20-41)46-22-10-11-23-47(46)48/h1-37H. The summed E-state index contributed by atoms with van der Waals surface area (Å²) in [7, 11) is 0. The summed E-state index contributed by atoms with van der Waals surface area (Å²) in [6.07, 6.45) is 0. The number of fused-ring (bicyclic) bond motifs is 5. The monoisotopic (exact) mass is 803 g/mol. The van der Waals surface area contributed by atoms with Crippen molar-refractivity contribution in [2.75, 3.05) is 0 Å². The number of nitrogens with zero attached hydrogens (tertiary/aromatic N) is 3. The van der Waals surface area contributed by atoms with Gasteiger partial charge in [-0.05, 0) is 72.6 Å². The van der Waals surface area contributed by atoms with E-state index in [2.05, 4.69) is 200 Å². The number of aromatic nitrogens is 3. The van der Waals surface area contributed by atoms with E-state index in [1.54, 1.807) is 0 Å². The molecule has 0 fully saturated rings. The predicted molar refractivity (Wildman–Crippen MR) is 260 cm³/mol. The Morgan fingerprint density at radius 1 is 0.270 bits per heavy atom. The van der Waals surface area contributed by atoms with Gasteiger partial charge in [-0.25, -0.2) is 15.0 Å². The highest BCUT2D eigenvalue weighted by molar-refractivity contribution is 6.17. The van der Waals surface area contributed by atoms with Gasteiger partial charge in [0.25, 0.3) is 0 Å². The Hall–Kier alpha value is -8.47. The molecule has 294 valence electrons. The Labute approximate surface area is 364 Å². The van der Waals surface area contributed by atoms with E-state index in [1.165, 1.54) is 21.9 Å². The minimum atomic E-state index is 0.578. The molecule has 0 saturated carbocycles. The first-order chi connectivity index (χ1) is 31.2. The van der Waals surface area contributed by atoms with Crippen molar-refractivity contribution in [3.8, 4) is 78.7 Å². The van der Waals surface area contributed by atoms with Crippen LogP contribution >= 0.6 is 0 Å². The van der Waals surface area contributed by atoms with Crippen LogP contribution in [0.1, 0.15) is 0 Å². The number of furan rings is 1. The molecule has 0 aliphatic heterocycles. The largest absolute Gasteiger partial charge is 0.455 e. The molecule has 0 radical (unpaired) electrons.